The summed E-state index contributed by atoms with van der Waals surface area (Å²) in [5.74, 6) is 0. The zero-order valence-electron chi connectivity index (χ0n) is 9.04. The topological polar surface area (TPSA) is 6.48 Å². The van der Waals surface area contributed by atoms with Gasteiger partial charge in [-0.25, -0.2) is 0 Å². The van der Waals surface area contributed by atoms with Crippen LogP contribution < -0.4 is 0 Å². The molecule has 0 atom stereocenters. The Balaban J connectivity index is -0.000000143. The molecule has 0 aromatic heterocycles. The van der Waals surface area contributed by atoms with Gasteiger partial charge in [-0.1, -0.05) is 0 Å². The molecule has 0 amide bonds. The van der Waals surface area contributed by atoms with Crippen molar-refractivity contribution in [1.29, 1.82) is 0 Å². The van der Waals surface area contributed by atoms with E-state index in [0.29, 0.717) is 0 Å². The molecule has 0 rings (SSSR count). The van der Waals surface area contributed by atoms with Crippen LogP contribution in [0.2, 0.25) is 10.6 Å². The summed E-state index contributed by atoms with van der Waals surface area (Å²) in [6.07, 6.45) is 0. The number of nitrogens with zero attached hydrogens (tertiary/aromatic N) is 2. The maximum Gasteiger partial charge on any atom is 0 e. The largest absolute Gasteiger partial charge is 0 e. The van der Waals surface area contributed by atoms with Crippen LogP contribution in [0.3, 0.4) is 0 Å². The van der Waals surface area contributed by atoms with E-state index in [-0.39, 0.29) is 27.3 Å². The third-order valence-corrected chi connectivity index (χ3v) is 1.84. The van der Waals surface area contributed by atoms with Gasteiger partial charge in [0, 0.05) is 27.3 Å². The van der Waals surface area contributed by atoms with Crippen LogP contribution in [-0.4, -0.2) is 110 Å². The Morgan fingerprint density at radius 3 is 1.00 bits per heavy atom. The molecular formula is C8H20N2PbSe2. The van der Waals surface area contributed by atoms with Crippen LogP contribution in [0.15, 0.2) is 0 Å². The van der Waals surface area contributed by atoms with Gasteiger partial charge in [-0.3, -0.25) is 0 Å². The van der Waals surface area contributed by atoms with Crippen LogP contribution >= 0.6 is 0 Å². The Morgan fingerprint density at radius 2 is 1.00 bits per heavy atom. The summed E-state index contributed by atoms with van der Waals surface area (Å²) in [5.41, 5.74) is 0. The molecule has 2 nitrogen and oxygen atoms in total. The summed E-state index contributed by atoms with van der Waals surface area (Å²) >= 11 is 5.86. The maximum atomic E-state index is 2.93. The van der Waals surface area contributed by atoms with E-state index in [2.05, 4.69) is 70.0 Å². The fraction of sp³-hybridized carbons (Fsp3) is 1.00. The van der Waals surface area contributed by atoms with Crippen molar-refractivity contribution >= 4 is 59.3 Å². The van der Waals surface area contributed by atoms with Crippen LogP contribution in [-0.2, 0) is 0 Å². The fourth-order valence-electron chi connectivity index (χ4n) is 0.365. The molecule has 0 aliphatic carbocycles. The first-order valence-corrected chi connectivity index (χ1v) is 6.42. The van der Waals surface area contributed by atoms with Crippen molar-refractivity contribution in [2.75, 3.05) is 41.3 Å². The van der Waals surface area contributed by atoms with Crippen molar-refractivity contribution in [3.05, 3.63) is 0 Å². The van der Waals surface area contributed by atoms with Gasteiger partial charge in [0.2, 0.25) is 0 Å². The fourth-order valence-corrected chi connectivity index (χ4v) is 1.90. The second kappa shape index (κ2) is 16.3. The Hall–Kier alpha value is 1.88. The number of hydrogen-bond donors (Lipinski definition) is 0. The van der Waals surface area contributed by atoms with Gasteiger partial charge in [0.1, 0.15) is 0 Å². The average Bonchev–Trinajstić information content (AvgIpc) is 1.87. The minimum atomic E-state index is 0. The second-order valence-corrected chi connectivity index (χ2v) is 4.73. The van der Waals surface area contributed by atoms with Gasteiger partial charge < -0.3 is 0 Å². The van der Waals surface area contributed by atoms with Crippen molar-refractivity contribution in [3.8, 4) is 0 Å². The van der Waals surface area contributed by atoms with Crippen LogP contribution in [0, 0.1) is 0 Å². The van der Waals surface area contributed by atoms with E-state index >= 15 is 0 Å². The molecular weight excluding hydrogens is 489 g/mol. The summed E-state index contributed by atoms with van der Waals surface area (Å²) in [6.45, 7) is 2.31. The van der Waals surface area contributed by atoms with E-state index in [1.807, 2.05) is 0 Å². The second-order valence-electron chi connectivity index (χ2n) is 3.01. The SMILES string of the molecule is CN(C)CC[Se].CN(C)CC[Se].[Pb]. The molecule has 0 spiro atoms. The van der Waals surface area contributed by atoms with E-state index in [4.69, 9.17) is 0 Å². The summed E-state index contributed by atoms with van der Waals surface area (Å²) in [4.78, 5) is 4.30. The van der Waals surface area contributed by atoms with Gasteiger partial charge in [0.15, 0.2) is 0 Å². The van der Waals surface area contributed by atoms with Gasteiger partial charge in [-0.05, 0) is 0 Å². The number of rotatable bonds is 4. The van der Waals surface area contributed by atoms with Crippen LogP contribution in [0.4, 0.5) is 0 Å². The summed E-state index contributed by atoms with van der Waals surface area (Å²) < 4.78 is 0. The van der Waals surface area contributed by atoms with E-state index < -0.39 is 0 Å². The smallest absolute Gasteiger partial charge is 0 e. The van der Waals surface area contributed by atoms with Gasteiger partial charge in [0.05, 0.1) is 0 Å². The zero-order valence-corrected chi connectivity index (χ0v) is 16.4. The molecule has 0 saturated heterocycles. The standard InChI is InChI=1S/2C4H10NSe.Pb/c2*1-5(2)3-4-6;/h2*3-4H2,1-2H3;. The molecule has 0 heterocycles. The molecule has 0 aliphatic heterocycles. The molecule has 0 unspecified atom stereocenters. The minimum Gasteiger partial charge on any atom is 0 e. The summed E-state index contributed by atoms with van der Waals surface area (Å²) in [7, 11) is 8.27. The van der Waals surface area contributed by atoms with Crippen molar-refractivity contribution in [2.24, 2.45) is 0 Å². The van der Waals surface area contributed by atoms with Gasteiger partial charge in [0.25, 0.3) is 0 Å². The Kier molecular flexibility index (Phi) is 25.5. The molecule has 0 aromatic carbocycles. The molecule has 0 fully saturated rings. The monoisotopic (exact) mass is 512 g/mol. The normalized spacial score (nSPS) is 9.23. The summed E-state index contributed by atoms with van der Waals surface area (Å²) in [5, 5.41) is 2.26. The number of hydrogen-bond acceptors (Lipinski definition) is 2. The average molecular weight is 509 g/mol. The van der Waals surface area contributed by atoms with Gasteiger partial charge in [-0.2, -0.15) is 0 Å². The van der Waals surface area contributed by atoms with Crippen LogP contribution in [0.1, 0.15) is 0 Å². The Labute approximate surface area is 120 Å². The first-order chi connectivity index (χ1) is 5.54. The molecule has 5 heteroatoms. The van der Waals surface area contributed by atoms with Crippen molar-refractivity contribution < 1.29 is 0 Å². The van der Waals surface area contributed by atoms with Crippen LogP contribution in [0.5, 0.6) is 0 Å². The maximum absolute atomic E-state index is 2.93. The Morgan fingerprint density at radius 1 is 0.769 bits per heavy atom. The molecule has 0 N–H and O–H groups in total. The van der Waals surface area contributed by atoms with E-state index in [1.165, 1.54) is 0 Å². The first kappa shape index (κ1) is 20.3. The molecule has 0 aromatic rings. The predicted molar refractivity (Wildman–Crippen MR) is 64.0 cm³/mol. The third-order valence-electron chi connectivity index (χ3n) is 1.08. The Bertz CT molecular complexity index is 72.5. The van der Waals surface area contributed by atoms with Crippen molar-refractivity contribution in [3.63, 3.8) is 0 Å². The van der Waals surface area contributed by atoms with Gasteiger partial charge in [-0.15, -0.1) is 0 Å². The van der Waals surface area contributed by atoms with E-state index in [0.717, 1.165) is 23.7 Å². The quantitative estimate of drug-likeness (QED) is 0.489. The first-order valence-electron chi connectivity index (χ1n) is 4.00. The predicted octanol–water partition coefficient (Wildman–Crippen LogP) is -0.111. The van der Waals surface area contributed by atoms with E-state index in [9.17, 15) is 0 Å². The molecule has 0 aliphatic rings. The molecule has 0 bridgehead atoms. The van der Waals surface area contributed by atoms with Gasteiger partial charge >= 0.3 is 93.7 Å². The van der Waals surface area contributed by atoms with E-state index in [1.54, 1.807) is 0 Å². The van der Waals surface area contributed by atoms with Crippen molar-refractivity contribution in [2.45, 2.75) is 10.6 Å². The molecule has 6 radical (unpaired) electrons. The molecule has 0 saturated carbocycles. The minimum absolute atomic E-state index is 0. The molecule has 78 valence electrons. The summed E-state index contributed by atoms with van der Waals surface area (Å²) in [6, 6.07) is 0. The van der Waals surface area contributed by atoms with Crippen molar-refractivity contribution in [1.82, 2.24) is 9.80 Å². The third kappa shape index (κ3) is 31.5. The zero-order chi connectivity index (χ0) is 9.98. The molecule has 13 heavy (non-hydrogen) atoms. The van der Waals surface area contributed by atoms with Crippen LogP contribution in [0.25, 0.3) is 0 Å².